The van der Waals surface area contributed by atoms with Gasteiger partial charge in [0, 0.05) is 35.1 Å². The van der Waals surface area contributed by atoms with Crippen LogP contribution in [0.1, 0.15) is 41.6 Å². The fraction of sp³-hybridized carbons (Fsp3) is 0.353. The van der Waals surface area contributed by atoms with E-state index in [1.807, 2.05) is 42.8 Å². The molecule has 2 heterocycles. The summed E-state index contributed by atoms with van der Waals surface area (Å²) in [5.41, 5.74) is 2.69. The summed E-state index contributed by atoms with van der Waals surface area (Å²) in [6, 6.07) is 7.89. The van der Waals surface area contributed by atoms with E-state index in [-0.39, 0.29) is 5.78 Å². The standard InChI is InChI=1S/C17H20N4OS/c1-10(2)16-19-20-17(21(16)4)23-9-14(22)15-11(3)18-13-8-6-5-7-12(13)15/h5-8,10,18H,9H2,1-4H3. The molecule has 23 heavy (non-hydrogen) atoms. The summed E-state index contributed by atoms with van der Waals surface area (Å²) < 4.78 is 1.96. The number of thioether (sulfide) groups is 1. The van der Waals surface area contributed by atoms with Gasteiger partial charge in [0.25, 0.3) is 0 Å². The summed E-state index contributed by atoms with van der Waals surface area (Å²) >= 11 is 1.43. The Morgan fingerprint density at radius 2 is 2.04 bits per heavy atom. The number of carbonyl (C=O) groups is 1. The van der Waals surface area contributed by atoms with E-state index in [2.05, 4.69) is 29.0 Å². The van der Waals surface area contributed by atoms with Crippen molar-refractivity contribution in [2.24, 2.45) is 7.05 Å². The molecule has 0 radical (unpaired) electrons. The van der Waals surface area contributed by atoms with Crippen molar-refractivity contribution < 1.29 is 4.79 Å². The summed E-state index contributed by atoms with van der Waals surface area (Å²) in [5, 5.41) is 10.1. The molecular weight excluding hydrogens is 308 g/mol. The number of nitrogens with one attached hydrogen (secondary N) is 1. The molecule has 0 bridgehead atoms. The minimum Gasteiger partial charge on any atom is -0.358 e. The third-order valence-electron chi connectivity index (χ3n) is 3.89. The Balaban J connectivity index is 1.81. The minimum atomic E-state index is 0.110. The molecule has 1 N–H and O–H groups in total. The lowest BCUT2D eigenvalue weighted by Gasteiger charge is -2.05. The second kappa shape index (κ2) is 6.20. The second-order valence-electron chi connectivity index (χ2n) is 5.94. The van der Waals surface area contributed by atoms with Gasteiger partial charge in [0.1, 0.15) is 5.82 Å². The normalized spacial score (nSPS) is 11.5. The number of aromatic amines is 1. The number of aryl methyl sites for hydroxylation is 1. The number of ketones is 1. The van der Waals surface area contributed by atoms with Crippen molar-refractivity contribution in [1.29, 1.82) is 0 Å². The number of fused-ring (bicyclic) bond motifs is 1. The summed E-state index contributed by atoms with van der Waals surface area (Å²) in [6.45, 7) is 6.11. The third-order valence-corrected chi connectivity index (χ3v) is 4.91. The van der Waals surface area contributed by atoms with E-state index >= 15 is 0 Å². The molecule has 2 aromatic heterocycles. The lowest BCUT2D eigenvalue weighted by Crippen LogP contribution is -2.06. The van der Waals surface area contributed by atoms with Crippen LogP contribution in [0.25, 0.3) is 10.9 Å². The smallest absolute Gasteiger partial charge is 0.191 e. The van der Waals surface area contributed by atoms with Gasteiger partial charge in [0.2, 0.25) is 0 Å². The number of hydrogen-bond acceptors (Lipinski definition) is 4. The van der Waals surface area contributed by atoms with Crippen molar-refractivity contribution in [2.45, 2.75) is 31.8 Å². The van der Waals surface area contributed by atoms with Gasteiger partial charge in [0.15, 0.2) is 10.9 Å². The molecule has 0 fully saturated rings. The average Bonchev–Trinajstić information content (AvgIpc) is 3.04. The van der Waals surface area contributed by atoms with Crippen LogP contribution >= 0.6 is 11.8 Å². The van der Waals surface area contributed by atoms with Gasteiger partial charge in [-0.3, -0.25) is 4.79 Å². The lowest BCUT2D eigenvalue weighted by atomic mass is 10.1. The Hall–Kier alpha value is -2.08. The van der Waals surface area contributed by atoms with Crippen LogP contribution in [0.2, 0.25) is 0 Å². The lowest BCUT2D eigenvalue weighted by molar-refractivity contribution is 0.102. The summed E-state index contributed by atoms with van der Waals surface area (Å²) in [7, 11) is 1.94. The Kier molecular flexibility index (Phi) is 4.26. The molecule has 1 aromatic carbocycles. The molecule has 0 aliphatic heterocycles. The van der Waals surface area contributed by atoms with E-state index in [1.165, 1.54) is 11.8 Å². The zero-order valence-electron chi connectivity index (χ0n) is 13.8. The van der Waals surface area contributed by atoms with E-state index < -0.39 is 0 Å². The van der Waals surface area contributed by atoms with E-state index in [4.69, 9.17) is 0 Å². The number of H-pyrrole nitrogens is 1. The molecule has 0 spiro atoms. The first kappa shape index (κ1) is 15.8. The van der Waals surface area contributed by atoms with Gasteiger partial charge in [-0.15, -0.1) is 10.2 Å². The van der Waals surface area contributed by atoms with Crippen LogP contribution < -0.4 is 0 Å². The fourth-order valence-electron chi connectivity index (χ4n) is 2.79. The molecule has 0 aliphatic rings. The van der Waals surface area contributed by atoms with Gasteiger partial charge in [-0.1, -0.05) is 43.8 Å². The summed E-state index contributed by atoms with van der Waals surface area (Å²) in [6.07, 6.45) is 0. The van der Waals surface area contributed by atoms with Crippen LogP contribution in [-0.2, 0) is 7.05 Å². The topological polar surface area (TPSA) is 63.6 Å². The molecule has 3 aromatic rings. The largest absolute Gasteiger partial charge is 0.358 e. The number of Topliss-reactive ketones (excluding diaryl/α,β-unsaturated/α-hetero) is 1. The highest BCUT2D eigenvalue weighted by Crippen LogP contribution is 2.25. The van der Waals surface area contributed by atoms with Gasteiger partial charge in [-0.25, -0.2) is 0 Å². The second-order valence-corrected chi connectivity index (χ2v) is 6.88. The van der Waals surface area contributed by atoms with E-state index in [0.29, 0.717) is 11.7 Å². The van der Waals surface area contributed by atoms with Crippen molar-refractivity contribution in [1.82, 2.24) is 19.7 Å². The average molecular weight is 328 g/mol. The summed E-state index contributed by atoms with van der Waals surface area (Å²) in [5.74, 6) is 1.71. The highest BCUT2D eigenvalue weighted by atomic mass is 32.2. The molecule has 0 saturated carbocycles. The quantitative estimate of drug-likeness (QED) is 0.573. The minimum absolute atomic E-state index is 0.110. The zero-order valence-corrected chi connectivity index (χ0v) is 14.6. The number of benzene rings is 1. The third kappa shape index (κ3) is 2.91. The number of carbonyl (C=O) groups excluding carboxylic acids is 1. The Labute approximate surface area is 139 Å². The van der Waals surface area contributed by atoms with Crippen molar-refractivity contribution in [3.05, 3.63) is 41.3 Å². The highest BCUT2D eigenvalue weighted by Gasteiger charge is 2.18. The number of hydrogen-bond donors (Lipinski definition) is 1. The van der Waals surface area contributed by atoms with Gasteiger partial charge < -0.3 is 9.55 Å². The maximum atomic E-state index is 12.7. The van der Waals surface area contributed by atoms with Gasteiger partial charge >= 0.3 is 0 Å². The van der Waals surface area contributed by atoms with Crippen molar-refractivity contribution >= 4 is 28.4 Å². The maximum absolute atomic E-state index is 12.7. The molecule has 6 heteroatoms. The van der Waals surface area contributed by atoms with Crippen molar-refractivity contribution in [3.63, 3.8) is 0 Å². The molecule has 5 nitrogen and oxygen atoms in total. The van der Waals surface area contributed by atoms with E-state index in [1.54, 1.807) is 0 Å². The van der Waals surface area contributed by atoms with Gasteiger partial charge in [-0.05, 0) is 13.0 Å². The summed E-state index contributed by atoms with van der Waals surface area (Å²) in [4.78, 5) is 15.9. The molecule has 3 rings (SSSR count). The first-order valence-corrected chi connectivity index (χ1v) is 8.60. The molecule has 0 saturated heterocycles. The molecule has 0 aliphatic carbocycles. The molecule has 0 unspecified atom stereocenters. The number of aromatic nitrogens is 4. The number of para-hydroxylation sites is 1. The van der Waals surface area contributed by atoms with Gasteiger partial charge in [-0.2, -0.15) is 0 Å². The van der Waals surface area contributed by atoms with Crippen molar-refractivity contribution in [2.75, 3.05) is 5.75 Å². The van der Waals surface area contributed by atoms with Crippen LogP contribution in [0.15, 0.2) is 29.4 Å². The van der Waals surface area contributed by atoms with Crippen LogP contribution in [0, 0.1) is 6.92 Å². The number of rotatable bonds is 5. The first-order chi connectivity index (χ1) is 11.0. The Bertz CT molecular complexity index is 863. The molecular formula is C17H20N4OS. The number of nitrogens with zero attached hydrogens (tertiary/aromatic N) is 3. The van der Waals surface area contributed by atoms with Crippen LogP contribution in [0.4, 0.5) is 0 Å². The Morgan fingerprint density at radius 1 is 1.30 bits per heavy atom. The first-order valence-electron chi connectivity index (χ1n) is 7.61. The SMILES string of the molecule is Cc1[nH]c2ccccc2c1C(=O)CSc1nnc(C(C)C)n1C. The van der Waals surface area contributed by atoms with Crippen LogP contribution in [-0.4, -0.2) is 31.3 Å². The highest BCUT2D eigenvalue weighted by molar-refractivity contribution is 7.99. The molecule has 0 atom stereocenters. The fourth-order valence-corrected chi connectivity index (χ4v) is 3.58. The zero-order chi connectivity index (χ0) is 16.6. The maximum Gasteiger partial charge on any atom is 0.191 e. The van der Waals surface area contributed by atoms with E-state index in [9.17, 15) is 4.79 Å². The van der Waals surface area contributed by atoms with Crippen molar-refractivity contribution in [3.8, 4) is 0 Å². The Morgan fingerprint density at radius 3 is 2.74 bits per heavy atom. The monoisotopic (exact) mass is 328 g/mol. The van der Waals surface area contributed by atoms with Crippen LogP contribution in [0.5, 0.6) is 0 Å². The predicted molar refractivity (Wildman–Crippen MR) is 93.2 cm³/mol. The predicted octanol–water partition coefficient (Wildman–Crippen LogP) is 3.70. The van der Waals surface area contributed by atoms with E-state index in [0.717, 1.165) is 33.1 Å². The van der Waals surface area contributed by atoms with Gasteiger partial charge in [0.05, 0.1) is 5.75 Å². The molecule has 0 amide bonds. The van der Waals surface area contributed by atoms with Crippen LogP contribution in [0.3, 0.4) is 0 Å². The molecule has 120 valence electrons.